The summed E-state index contributed by atoms with van der Waals surface area (Å²) in [7, 11) is -9.93. The third-order valence-electron chi connectivity index (χ3n) is 16.6. The highest BCUT2D eigenvalue weighted by molar-refractivity contribution is 7.47. The molecule has 0 fully saturated rings. The van der Waals surface area contributed by atoms with Gasteiger partial charge >= 0.3 is 39.5 Å². The van der Waals surface area contributed by atoms with Crippen molar-refractivity contribution >= 4 is 39.5 Å². The first-order chi connectivity index (χ1) is 45.7. The molecule has 0 aromatic heterocycles. The monoisotopic (exact) mass is 1370 g/mol. The summed E-state index contributed by atoms with van der Waals surface area (Å²) in [5, 5.41) is 10.6. The molecule has 5 atom stereocenters. The molecule has 0 saturated carbocycles. The molecule has 17 nitrogen and oxygen atoms in total. The van der Waals surface area contributed by atoms with Crippen molar-refractivity contribution in [3.8, 4) is 0 Å². The van der Waals surface area contributed by atoms with E-state index in [1.165, 1.54) is 148 Å². The minimum Gasteiger partial charge on any atom is -0.462 e. The summed E-state index contributed by atoms with van der Waals surface area (Å²) in [4.78, 5) is 72.7. The Morgan fingerprint density at radius 3 is 0.745 bits per heavy atom. The van der Waals surface area contributed by atoms with Crippen molar-refractivity contribution in [2.24, 2.45) is 0 Å². The van der Waals surface area contributed by atoms with Crippen molar-refractivity contribution in [2.45, 2.75) is 380 Å². The third kappa shape index (κ3) is 67.8. The number of hydrogen-bond acceptors (Lipinski definition) is 15. The molecule has 3 N–H and O–H groups in total. The Balaban J connectivity index is 5.31. The highest BCUT2D eigenvalue weighted by Crippen LogP contribution is 2.45. The van der Waals surface area contributed by atoms with Crippen molar-refractivity contribution in [3.63, 3.8) is 0 Å². The minimum atomic E-state index is -4.97. The van der Waals surface area contributed by atoms with Gasteiger partial charge in [0.15, 0.2) is 12.2 Å². The average Bonchev–Trinajstić information content (AvgIpc) is 1.63. The first-order valence-electron chi connectivity index (χ1n) is 38.2. The second-order valence-electron chi connectivity index (χ2n) is 25.9. The summed E-state index contributed by atoms with van der Waals surface area (Å²) in [6.07, 6.45) is 62.7. The average molecular weight is 1380 g/mol. The SMILES string of the molecule is CCCCCC/C=C\CCCCCCCC(=O)O[C@H](COC(=O)CCCCCCC/C=C\CCCCCCCC)COP(=O)(O)OC[C@@H](O)COP(=O)(O)OC[C@@H](COC(=O)CCCCCCCCCCCCCCC)OC(=O)CCCCCCC/C=C\CCCCCC. The van der Waals surface area contributed by atoms with Gasteiger partial charge in [0, 0.05) is 25.7 Å². The molecular weight excluding hydrogens is 1230 g/mol. The van der Waals surface area contributed by atoms with Gasteiger partial charge < -0.3 is 33.8 Å². The van der Waals surface area contributed by atoms with E-state index in [1.807, 2.05) is 0 Å². The summed E-state index contributed by atoms with van der Waals surface area (Å²) >= 11 is 0. The number of phosphoric acid groups is 2. The van der Waals surface area contributed by atoms with Crippen LogP contribution in [0.5, 0.6) is 0 Å². The van der Waals surface area contributed by atoms with Gasteiger partial charge in [-0.1, -0.05) is 270 Å². The zero-order chi connectivity index (χ0) is 69.0. The van der Waals surface area contributed by atoms with E-state index in [2.05, 4.69) is 64.2 Å². The van der Waals surface area contributed by atoms with Crippen LogP contribution in [0.15, 0.2) is 36.5 Å². The molecule has 0 aliphatic heterocycles. The van der Waals surface area contributed by atoms with Crippen LogP contribution >= 0.6 is 15.6 Å². The highest BCUT2D eigenvalue weighted by atomic mass is 31.2. The molecule has 0 aliphatic carbocycles. The molecule has 0 spiro atoms. The lowest BCUT2D eigenvalue weighted by molar-refractivity contribution is -0.161. The number of allylic oxidation sites excluding steroid dienone is 6. The summed E-state index contributed by atoms with van der Waals surface area (Å²) in [6, 6.07) is 0. The summed E-state index contributed by atoms with van der Waals surface area (Å²) < 4.78 is 68.4. The van der Waals surface area contributed by atoms with E-state index < -0.39 is 97.5 Å². The molecule has 0 saturated heterocycles. The van der Waals surface area contributed by atoms with Crippen LogP contribution in [-0.4, -0.2) is 96.7 Å². The smallest absolute Gasteiger partial charge is 0.462 e. The molecule has 0 heterocycles. The summed E-state index contributed by atoms with van der Waals surface area (Å²) in [5.74, 6) is -2.17. The van der Waals surface area contributed by atoms with Gasteiger partial charge in [-0.05, 0) is 103 Å². The van der Waals surface area contributed by atoms with E-state index >= 15 is 0 Å². The number of hydrogen-bond donors (Lipinski definition) is 3. The van der Waals surface area contributed by atoms with E-state index in [0.717, 1.165) is 135 Å². The molecule has 0 radical (unpaired) electrons. The number of aliphatic hydroxyl groups is 1. The minimum absolute atomic E-state index is 0.0891. The van der Waals surface area contributed by atoms with Crippen molar-refractivity contribution in [3.05, 3.63) is 36.5 Å². The van der Waals surface area contributed by atoms with Crippen LogP contribution in [0.1, 0.15) is 362 Å². The Bertz CT molecular complexity index is 1930. The van der Waals surface area contributed by atoms with Gasteiger partial charge in [0.2, 0.25) is 0 Å². The predicted molar refractivity (Wildman–Crippen MR) is 381 cm³/mol. The van der Waals surface area contributed by atoms with E-state index in [-0.39, 0.29) is 25.7 Å². The first kappa shape index (κ1) is 91.3. The number of unbranched alkanes of at least 4 members (excludes halogenated alkanes) is 41. The number of rotatable bonds is 73. The van der Waals surface area contributed by atoms with Crippen molar-refractivity contribution in [1.82, 2.24) is 0 Å². The molecule has 19 heteroatoms. The van der Waals surface area contributed by atoms with Gasteiger partial charge in [-0.15, -0.1) is 0 Å². The fourth-order valence-electron chi connectivity index (χ4n) is 10.7. The second-order valence-corrected chi connectivity index (χ2v) is 28.9. The molecule has 552 valence electrons. The molecule has 0 rings (SSSR count). The van der Waals surface area contributed by atoms with Crippen molar-refractivity contribution in [2.75, 3.05) is 39.6 Å². The number of esters is 4. The normalized spacial score (nSPS) is 14.2. The fraction of sp³-hybridized carbons (Fsp3) is 0.867. The topological polar surface area (TPSA) is 237 Å². The molecule has 2 unspecified atom stereocenters. The maximum atomic E-state index is 13.1. The lowest BCUT2D eigenvalue weighted by atomic mass is 10.0. The zero-order valence-electron chi connectivity index (χ0n) is 60.2. The number of carbonyl (C=O) groups excluding carboxylic acids is 4. The Kier molecular flexibility index (Phi) is 66.8. The lowest BCUT2D eigenvalue weighted by Gasteiger charge is -2.21. The molecule has 0 aromatic carbocycles. The largest absolute Gasteiger partial charge is 0.472 e. The van der Waals surface area contributed by atoms with Gasteiger partial charge in [-0.3, -0.25) is 37.3 Å². The van der Waals surface area contributed by atoms with Gasteiger partial charge in [-0.2, -0.15) is 0 Å². The predicted octanol–water partition coefficient (Wildman–Crippen LogP) is 21.6. The number of phosphoric ester groups is 2. The summed E-state index contributed by atoms with van der Waals surface area (Å²) in [6.45, 7) is 4.87. The number of aliphatic hydroxyl groups excluding tert-OH is 1. The summed E-state index contributed by atoms with van der Waals surface area (Å²) in [5.41, 5.74) is 0. The molecular formula is C75H140O17P2. The van der Waals surface area contributed by atoms with E-state index in [0.29, 0.717) is 25.7 Å². The Morgan fingerprint density at radius 2 is 0.489 bits per heavy atom. The Labute approximate surface area is 573 Å². The molecule has 94 heavy (non-hydrogen) atoms. The van der Waals surface area contributed by atoms with Gasteiger partial charge in [0.1, 0.15) is 19.3 Å². The molecule has 0 bridgehead atoms. The highest BCUT2D eigenvalue weighted by Gasteiger charge is 2.30. The van der Waals surface area contributed by atoms with E-state index in [4.69, 9.17) is 37.0 Å². The zero-order valence-corrected chi connectivity index (χ0v) is 61.9. The molecule has 0 aromatic rings. The van der Waals surface area contributed by atoms with Gasteiger partial charge in [0.25, 0.3) is 0 Å². The van der Waals surface area contributed by atoms with Crippen molar-refractivity contribution in [1.29, 1.82) is 0 Å². The van der Waals surface area contributed by atoms with Gasteiger partial charge in [0.05, 0.1) is 26.4 Å². The van der Waals surface area contributed by atoms with Crippen LogP contribution in [0.25, 0.3) is 0 Å². The van der Waals surface area contributed by atoms with E-state index in [1.54, 1.807) is 0 Å². The number of carbonyl (C=O) groups is 4. The van der Waals surface area contributed by atoms with Crippen LogP contribution in [0.2, 0.25) is 0 Å². The second kappa shape index (κ2) is 68.8. The standard InChI is InChI=1S/C75H140O17P2/c1-5-9-13-17-21-25-29-33-34-38-40-44-48-52-56-60-73(78)86-66-71(92-75(80)62-58-54-50-46-42-37-32-28-24-20-16-12-8-4)68-90-94(83,84)88-64-69(76)63-87-93(81,82)89-67-70(91-74(79)61-57-53-49-45-41-36-31-27-23-19-15-11-7-3)65-85-72(77)59-55-51-47-43-39-35-30-26-22-18-14-10-6-2/h27-28,31-34,69-71,76H,5-26,29-30,35-68H2,1-4H3,(H,81,82)(H,83,84)/b31-27-,32-28-,34-33-/t69-,70+,71+/m0/s1. The Hall–Kier alpha value is -2.72. The third-order valence-corrected chi connectivity index (χ3v) is 18.5. The van der Waals surface area contributed by atoms with Crippen LogP contribution in [0.4, 0.5) is 0 Å². The van der Waals surface area contributed by atoms with Crippen LogP contribution < -0.4 is 0 Å². The Morgan fingerprint density at radius 1 is 0.287 bits per heavy atom. The maximum Gasteiger partial charge on any atom is 0.472 e. The maximum absolute atomic E-state index is 13.1. The number of ether oxygens (including phenoxy) is 4. The van der Waals surface area contributed by atoms with Crippen LogP contribution in [-0.2, 0) is 65.4 Å². The molecule has 0 aliphatic rings. The van der Waals surface area contributed by atoms with Gasteiger partial charge in [-0.25, -0.2) is 9.13 Å². The van der Waals surface area contributed by atoms with Crippen LogP contribution in [0, 0.1) is 0 Å². The molecule has 0 amide bonds. The lowest BCUT2D eigenvalue weighted by Crippen LogP contribution is -2.30. The fourth-order valence-corrected chi connectivity index (χ4v) is 12.3. The van der Waals surface area contributed by atoms with Crippen molar-refractivity contribution < 1.29 is 80.2 Å². The van der Waals surface area contributed by atoms with E-state index in [9.17, 15) is 43.2 Å². The quantitative estimate of drug-likeness (QED) is 0.0169. The van der Waals surface area contributed by atoms with Crippen LogP contribution in [0.3, 0.4) is 0 Å². The first-order valence-corrected chi connectivity index (χ1v) is 41.2.